The number of nitrogens with one attached hydrogen (secondary N) is 1. The fraction of sp³-hybridized carbons (Fsp3) is 0.423. The number of carbonyl (C=O) groups excluding carboxylic acids is 1. The van der Waals surface area contributed by atoms with Crippen LogP contribution in [0.3, 0.4) is 0 Å². The summed E-state index contributed by atoms with van der Waals surface area (Å²) in [5.41, 5.74) is 2.34. The van der Waals surface area contributed by atoms with Crippen LogP contribution >= 0.6 is 23.2 Å². The van der Waals surface area contributed by atoms with E-state index in [1.807, 2.05) is 6.08 Å². The lowest BCUT2D eigenvalue weighted by molar-refractivity contribution is -0.130. The zero-order valence-electron chi connectivity index (χ0n) is 21.2. The average molecular weight is 548 g/mol. The largest absolute Gasteiger partial charge is 0.495 e. The van der Waals surface area contributed by atoms with Crippen molar-refractivity contribution >= 4 is 52.5 Å². The zero-order chi connectivity index (χ0) is 26.5. The number of halogens is 2. The van der Waals surface area contributed by atoms with Gasteiger partial charge in [-0.1, -0.05) is 29.8 Å². The van der Waals surface area contributed by atoms with Gasteiger partial charge in [0.1, 0.15) is 17.3 Å². The van der Waals surface area contributed by atoms with Gasteiger partial charge in [0.2, 0.25) is 11.9 Å². The van der Waals surface area contributed by atoms with Crippen LogP contribution in [0.25, 0.3) is 11.6 Å². The molecule has 1 fully saturated rings. The van der Waals surface area contributed by atoms with E-state index in [1.165, 1.54) is 6.08 Å². The van der Waals surface area contributed by atoms with Crippen molar-refractivity contribution in [3.05, 3.63) is 46.1 Å². The third kappa shape index (κ3) is 5.79. The van der Waals surface area contributed by atoms with Crippen molar-refractivity contribution < 1.29 is 19.0 Å². The molecule has 1 saturated heterocycles. The molecule has 198 valence electrons. The number of fused-ring (bicyclic) bond motifs is 1. The molecule has 1 aromatic carbocycles. The van der Waals surface area contributed by atoms with Crippen molar-refractivity contribution in [3.8, 4) is 11.5 Å². The zero-order valence-corrected chi connectivity index (χ0v) is 22.7. The van der Waals surface area contributed by atoms with E-state index in [-0.39, 0.29) is 12.0 Å². The van der Waals surface area contributed by atoms with Crippen LogP contribution in [0.2, 0.25) is 10.0 Å². The van der Waals surface area contributed by atoms with E-state index < -0.39 is 0 Å². The molecule has 1 aromatic heterocycles. The van der Waals surface area contributed by atoms with Crippen LogP contribution in [-0.4, -0.2) is 80.9 Å². The molecule has 11 heteroatoms. The van der Waals surface area contributed by atoms with E-state index in [2.05, 4.69) is 26.8 Å². The topological polar surface area (TPSA) is 89.1 Å². The Morgan fingerprint density at radius 2 is 2.00 bits per heavy atom. The summed E-state index contributed by atoms with van der Waals surface area (Å²) in [5.74, 6) is 2.17. The minimum Gasteiger partial charge on any atom is -0.495 e. The van der Waals surface area contributed by atoms with Gasteiger partial charge in [0, 0.05) is 56.6 Å². The normalized spacial score (nSPS) is 17.1. The molecule has 0 bridgehead atoms. The Bertz CT molecular complexity index is 1180. The lowest BCUT2D eigenvalue weighted by Crippen LogP contribution is -2.43. The molecule has 2 aromatic rings. The standard InChI is InChI=1S/C26H31Cl2N5O4/c1-5-21(34)32-8-6-7-18(15-32)37-10-9-33-14-17(11-16-13-30-26(29-2)31-25(16)33)22-23(27)19(35-3)12-20(36-4)24(22)28/h5,11-13,18H,1,6-10,14-15H2,2-4H3,(H,29,30,31). The van der Waals surface area contributed by atoms with E-state index >= 15 is 0 Å². The van der Waals surface area contributed by atoms with Gasteiger partial charge in [-0.05, 0) is 30.6 Å². The molecule has 1 N–H and O–H groups in total. The number of hydrogen-bond donors (Lipinski definition) is 1. The first-order valence-electron chi connectivity index (χ1n) is 12.0. The third-order valence-corrected chi connectivity index (χ3v) is 7.23. The Balaban J connectivity index is 1.59. The van der Waals surface area contributed by atoms with Gasteiger partial charge in [-0.25, -0.2) is 4.98 Å². The Morgan fingerprint density at radius 3 is 2.65 bits per heavy atom. The van der Waals surface area contributed by atoms with Crippen LogP contribution in [0.5, 0.6) is 11.5 Å². The van der Waals surface area contributed by atoms with Crippen molar-refractivity contribution in [1.82, 2.24) is 14.9 Å². The van der Waals surface area contributed by atoms with Crippen molar-refractivity contribution in [2.24, 2.45) is 0 Å². The number of piperidine rings is 1. The number of nitrogens with zero attached hydrogens (tertiary/aromatic N) is 4. The monoisotopic (exact) mass is 547 g/mol. The SMILES string of the molecule is C=CC(=O)N1CCCC(OCCN2CC(c3c(Cl)c(OC)cc(OC)c3Cl)=Cc3cnc(NC)nc32)C1. The summed E-state index contributed by atoms with van der Waals surface area (Å²) < 4.78 is 17.1. The summed E-state index contributed by atoms with van der Waals surface area (Å²) in [6.07, 6.45) is 6.88. The van der Waals surface area contributed by atoms with E-state index in [1.54, 1.807) is 38.4 Å². The van der Waals surface area contributed by atoms with Crippen molar-refractivity contribution in [3.63, 3.8) is 0 Å². The molecule has 4 rings (SSSR count). The molecule has 0 radical (unpaired) electrons. The number of benzene rings is 1. The first-order valence-corrected chi connectivity index (χ1v) is 12.8. The minimum absolute atomic E-state index is 0.0262. The summed E-state index contributed by atoms with van der Waals surface area (Å²) in [6.45, 7) is 6.38. The highest BCUT2D eigenvalue weighted by molar-refractivity contribution is 6.39. The summed E-state index contributed by atoms with van der Waals surface area (Å²) in [7, 11) is 4.88. The summed E-state index contributed by atoms with van der Waals surface area (Å²) >= 11 is 13.5. The van der Waals surface area contributed by atoms with Crippen molar-refractivity contribution in [2.45, 2.75) is 18.9 Å². The Labute approximate surface area is 227 Å². The van der Waals surface area contributed by atoms with Gasteiger partial charge >= 0.3 is 0 Å². The fourth-order valence-electron chi connectivity index (χ4n) is 4.61. The first-order chi connectivity index (χ1) is 17.9. The lowest BCUT2D eigenvalue weighted by Gasteiger charge is -2.34. The first kappa shape index (κ1) is 27.0. The fourth-order valence-corrected chi connectivity index (χ4v) is 5.35. The van der Waals surface area contributed by atoms with E-state index in [4.69, 9.17) is 37.4 Å². The van der Waals surface area contributed by atoms with Crippen LogP contribution in [0.15, 0.2) is 24.9 Å². The number of likely N-dealkylation sites (tertiary alicyclic amines) is 1. The maximum atomic E-state index is 12.0. The average Bonchev–Trinajstić information content (AvgIpc) is 2.92. The quantitative estimate of drug-likeness (QED) is 0.462. The van der Waals surface area contributed by atoms with Crippen molar-refractivity contribution in [2.75, 3.05) is 64.3 Å². The van der Waals surface area contributed by atoms with Gasteiger partial charge in [-0.15, -0.1) is 0 Å². The van der Waals surface area contributed by atoms with Crippen molar-refractivity contribution in [1.29, 1.82) is 0 Å². The van der Waals surface area contributed by atoms with Gasteiger partial charge < -0.3 is 29.3 Å². The van der Waals surface area contributed by atoms with Gasteiger partial charge in [0.05, 0.1) is 37.0 Å². The molecule has 9 nitrogen and oxygen atoms in total. The molecule has 0 saturated carbocycles. The van der Waals surface area contributed by atoms with Gasteiger partial charge in [0.25, 0.3) is 0 Å². The number of rotatable bonds is 9. The molecule has 2 aliphatic rings. The summed E-state index contributed by atoms with van der Waals surface area (Å²) in [6, 6.07) is 1.67. The van der Waals surface area contributed by atoms with Gasteiger partial charge in [-0.2, -0.15) is 4.98 Å². The molecule has 0 spiro atoms. The number of carbonyl (C=O) groups is 1. The maximum absolute atomic E-state index is 12.0. The summed E-state index contributed by atoms with van der Waals surface area (Å²) in [4.78, 5) is 25.0. The molecule has 3 heterocycles. The number of anilines is 2. The second-order valence-electron chi connectivity index (χ2n) is 8.72. The molecule has 1 unspecified atom stereocenters. The minimum atomic E-state index is -0.0631. The molecular weight excluding hydrogens is 517 g/mol. The Hall–Kier alpha value is -3.01. The van der Waals surface area contributed by atoms with E-state index in [9.17, 15) is 4.79 Å². The highest BCUT2D eigenvalue weighted by Crippen LogP contribution is 2.45. The molecule has 2 aliphatic heterocycles. The second kappa shape index (κ2) is 12.0. The van der Waals surface area contributed by atoms with Crippen LogP contribution in [0, 0.1) is 0 Å². The number of hydrogen-bond acceptors (Lipinski definition) is 8. The number of aromatic nitrogens is 2. The molecule has 0 aliphatic carbocycles. The number of ether oxygens (including phenoxy) is 3. The van der Waals surface area contributed by atoms with Gasteiger partial charge in [-0.3, -0.25) is 4.79 Å². The van der Waals surface area contributed by atoms with Crippen LogP contribution < -0.4 is 19.7 Å². The predicted octanol–water partition coefficient (Wildman–Crippen LogP) is 4.40. The van der Waals surface area contributed by atoms with Crippen LogP contribution in [0.1, 0.15) is 24.0 Å². The lowest BCUT2D eigenvalue weighted by atomic mass is 9.98. The third-order valence-electron chi connectivity index (χ3n) is 6.48. The van der Waals surface area contributed by atoms with E-state index in [0.717, 1.165) is 36.3 Å². The number of amides is 1. The second-order valence-corrected chi connectivity index (χ2v) is 9.48. The van der Waals surface area contributed by atoms with E-state index in [0.29, 0.717) is 59.3 Å². The van der Waals surface area contributed by atoms with Gasteiger partial charge in [0.15, 0.2) is 0 Å². The Morgan fingerprint density at radius 1 is 1.27 bits per heavy atom. The maximum Gasteiger partial charge on any atom is 0.246 e. The molecule has 37 heavy (non-hydrogen) atoms. The molecule has 1 atom stereocenters. The smallest absolute Gasteiger partial charge is 0.246 e. The Kier molecular flexibility index (Phi) is 8.79. The highest BCUT2D eigenvalue weighted by Gasteiger charge is 2.28. The molecule has 1 amide bonds. The highest BCUT2D eigenvalue weighted by atomic mass is 35.5. The summed E-state index contributed by atoms with van der Waals surface area (Å²) in [5, 5.41) is 3.80. The number of methoxy groups -OCH3 is 2. The predicted molar refractivity (Wildman–Crippen MR) is 147 cm³/mol. The van der Waals surface area contributed by atoms with Crippen LogP contribution in [-0.2, 0) is 9.53 Å². The van der Waals surface area contributed by atoms with Crippen LogP contribution in [0.4, 0.5) is 11.8 Å². The molecular formula is C26H31Cl2N5O4.